The molecule has 0 bridgehead atoms. The first-order valence-corrected chi connectivity index (χ1v) is 17.6. The summed E-state index contributed by atoms with van der Waals surface area (Å²) in [7, 11) is 0. The van der Waals surface area contributed by atoms with Gasteiger partial charge < -0.3 is 8.97 Å². The third-order valence-corrected chi connectivity index (χ3v) is 10.9. The van der Waals surface area contributed by atoms with Gasteiger partial charge in [-0.3, -0.25) is 4.98 Å². The van der Waals surface area contributed by atoms with E-state index in [9.17, 15) is 0 Å². The van der Waals surface area contributed by atoms with Crippen molar-refractivity contribution in [1.82, 2.24) is 23.9 Å². The smallest absolute Gasteiger partial charge is 0.0994 e. The Balaban J connectivity index is 1.27. The first-order chi connectivity index (χ1) is 25.8. The molecular weight excluding hydrogens is 635 g/mol. The lowest BCUT2D eigenvalue weighted by Crippen LogP contribution is -2.01. The lowest BCUT2D eigenvalue weighted by molar-refractivity contribution is 1.17. The van der Waals surface area contributed by atoms with Gasteiger partial charge in [0.2, 0.25) is 0 Å². The molecule has 0 unspecified atom stereocenters. The molecule has 0 saturated heterocycles. The van der Waals surface area contributed by atoms with Gasteiger partial charge in [-0.05, 0) is 47.9 Å². The minimum absolute atomic E-state index is 0.856. The number of hydrogen-bond donors (Lipinski definition) is 0. The molecule has 0 radical (unpaired) electrons. The molecule has 5 heteroatoms. The summed E-state index contributed by atoms with van der Waals surface area (Å²) in [5.41, 5.74) is 13.4. The zero-order valence-corrected chi connectivity index (χ0v) is 27.8. The van der Waals surface area contributed by atoms with E-state index < -0.39 is 0 Å². The Morgan fingerprint density at radius 1 is 0.423 bits per heavy atom. The molecule has 0 fully saturated rings. The van der Waals surface area contributed by atoms with Gasteiger partial charge in [0.25, 0.3) is 0 Å². The highest BCUT2D eigenvalue weighted by Crippen LogP contribution is 2.46. The molecule has 0 amide bonds. The molecule has 0 N–H and O–H groups in total. The van der Waals surface area contributed by atoms with Crippen molar-refractivity contribution in [3.63, 3.8) is 0 Å². The molecule has 0 aliphatic heterocycles. The number of hydrogen-bond acceptors (Lipinski definition) is 3. The van der Waals surface area contributed by atoms with Crippen LogP contribution in [-0.4, -0.2) is 23.9 Å². The maximum Gasteiger partial charge on any atom is 0.0994 e. The van der Waals surface area contributed by atoms with Crippen LogP contribution < -0.4 is 0 Å². The fraction of sp³-hybridized carbons (Fsp3) is 0. The number of aromatic nitrogens is 5. The van der Waals surface area contributed by atoms with E-state index in [0.29, 0.717) is 0 Å². The van der Waals surface area contributed by atoms with E-state index in [1.807, 2.05) is 36.5 Å². The summed E-state index contributed by atoms with van der Waals surface area (Å²) in [6.45, 7) is 0. The number of nitrogens with zero attached hydrogens (tertiary/aromatic N) is 5. The molecular formula is C47H27N5. The van der Waals surface area contributed by atoms with Crippen LogP contribution in [0.25, 0.3) is 110 Å². The molecule has 5 nitrogen and oxygen atoms in total. The summed E-state index contributed by atoms with van der Waals surface area (Å²) in [5, 5.41) is 8.51. The summed E-state index contributed by atoms with van der Waals surface area (Å²) >= 11 is 0. The molecule has 0 aliphatic carbocycles. The SMILES string of the molecule is c1ccc(-c2nc3ccccc3nc2-c2ccccc2-n2c3ccccc3c3c4cccc5c6nccc7c8ccccc8n(c(cc32)c54)c76)cc1. The molecule has 7 aromatic carbocycles. The zero-order valence-electron chi connectivity index (χ0n) is 27.8. The molecule has 12 rings (SSSR count). The third kappa shape index (κ3) is 3.59. The van der Waals surface area contributed by atoms with Gasteiger partial charge in [0.15, 0.2) is 0 Å². The van der Waals surface area contributed by atoms with Gasteiger partial charge in [-0.15, -0.1) is 0 Å². The van der Waals surface area contributed by atoms with E-state index >= 15 is 0 Å². The maximum absolute atomic E-state index is 5.35. The summed E-state index contributed by atoms with van der Waals surface area (Å²) in [6.07, 6.45) is 1.96. The highest BCUT2D eigenvalue weighted by molar-refractivity contribution is 6.33. The Morgan fingerprint density at radius 2 is 1.08 bits per heavy atom. The monoisotopic (exact) mass is 661 g/mol. The third-order valence-electron chi connectivity index (χ3n) is 10.9. The fourth-order valence-corrected chi connectivity index (χ4v) is 8.77. The van der Waals surface area contributed by atoms with Gasteiger partial charge in [-0.2, -0.15) is 0 Å². The Hall–Kier alpha value is -7.11. The van der Waals surface area contributed by atoms with Gasteiger partial charge in [-0.25, -0.2) is 9.97 Å². The Morgan fingerprint density at radius 3 is 1.94 bits per heavy atom. The van der Waals surface area contributed by atoms with E-state index in [0.717, 1.165) is 61.3 Å². The Labute approximate surface area is 297 Å². The van der Waals surface area contributed by atoms with E-state index in [1.54, 1.807) is 0 Å². The molecule has 12 aromatic rings. The maximum atomic E-state index is 5.35. The van der Waals surface area contributed by atoms with Crippen molar-refractivity contribution < 1.29 is 0 Å². The van der Waals surface area contributed by atoms with Crippen molar-refractivity contribution in [3.05, 3.63) is 164 Å². The first-order valence-electron chi connectivity index (χ1n) is 17.6. The molecule has 5 aromatic heterocycles. The van der Waals surface area contributed by atoms with Crippen molar-refractivity contribution in [3.8, 4) is 28.2 Å². The van der Waals surface area contributed by atoms with Crippen LogP contribution in [0.1, 0.15) is 0 Å². The van der Waals surface area contributed by atoms with Crippen molar-refractivity contribution >= 4 is 81.8 Å². The lowest BCUT2D eigenvalue weighted by Gasteiger charge is -2.17. The summed E-state index contributed by atoms with van der Waals surface area (Å²) in [4.78, 5) is 15.6. The van der Waals surface area contributed by atoms with Gasteiger partial charge in [0.05, 0.1) is 61.2 Å². The van der Waals surface area contributed by atoms with Gasteiger partial charge in [0.1, 0.15) is 0 Å². The molecule has 240 valence electrons. The number of rotatable bonds is 3. The number of benzene rings is 7. The van der Waals surface area contributed by atoms with Crippen LogP contribution in [0.5, 0.6) is 0 Å². The van der Waals surface area contributed by atoms with Crippen molar-refractivity contribution in [2.75, 3.05) is 0 Å². The van der Waals surface area contributed by atoms with Crippen LogP contribution in [0.3, 0.4) is 0 Å². The van der Waals surface area contributed by atoms with Gasteiger partial charge >= 0.3 is 0 Å². The van der Waals surface area contributed by atoms with E-state index in [1.165, 1.54) is 48.7 Å². The predicted molar refractivity (Wildman–Crippen MR) is 215 cm³/mol. The fourth-order valence-electron chi connectivity index (χ4n) is 8.77. The lowest BCUT2D eigenvalue weighted by atomic mass is 9.98. The predicted octanol–water partition coefficient (Wildman–Crippen LogP) is 11.8. The molecule has 0 spiro atoms. The highest BCUT2D eigenvalue weighted by atomic mass is 15.0. The van der Waals surface area contributed by atoms with Crippen molar-refractivity contribution in [2.45, 2.75) is 0 Å². The summed E-state index contributed by atoms with van der Waals surface area (Å²) in [6, 6.07) is 56.0. The van der Waals surface area contributed by atoms with Crippen LogP contribution in [0.4, 0.5) is 0 Å². The van der Waals surface area contributed by atoms with Crippen molar-refractivity contribution in [1.29, 1.82) is 0 Å². The average Bonchev–Trinajstić information content (AvgIpc) is 3.73. The molecule has 0 aliphatic rings. The zero-order chi connectivity index (χ0) is 33.9. The second-order valence-electron chi connectivity index (χ2n) is 13.6. The number of para-hydroxylation sites is 5. The van der Waals surface area contributed by atoms with Gasteiger partial charge in [-0.1, -0.05) is 115 Å². The largest absolute Gasteiger partial charge is 0.308 e. The molecule has 5 heterocycles. The highest BCUT2D eigenvalue weighted by Gasteiger charge is 2.24. The molecule has 0 atom stereocenters. The average molecular weight is 662 g/mol. The van der Waals surface area contributed by atoms with E-state index in [4.69, 9.17) is 15.0 Å². The topological polar surface area (TPSA) is 48.0 Å². The van der Waals surface area contributed by atoms with E-state index in [-0.39, 0.29) is 0 Å². The Kier molecular flexibility index (Phi) is 5.44. The molecule has 52 heavy (non-hydrogen) atoms. The van der Waals surface area contributed by atoms with Gasteiger partial charge in [0, 0.05) is 49.6 Å². The second kappa shape index (κ2) is 10.2. The minimum atomic E-state index is 0.856. The number of pyridine rings is 2. The summed E-state index contributed by atoms with van der Waals surface area (Å²) < 4.78 is 4.88. The summed E-state index contributed by atoms with van der Waals surface area (Å²) in [5.74, 6) is 0. The first kappa shape index (κ1) is 27.7. The van der Waals surface area contributed by atoms with Crippen LogP contribution in [-0.2, 0) is 0 Å². The van der Waals surface area contributed by atoms with Crippen LogP contribution in [0.2, 0.25) is 0 Å². The molecule has 0 saturated carbocycles. The van der Waals surface area contributed by atoms with Crippen LogP contribution in [0.15, 0.2) is 164 Å². The second-order valence-corrected chi connectivity index (χ2v) is 13.6. The van der Waals surface area contributed by atoms with Crippen LogP contribution in [0, 0.1) is 0 Å². The Bertz CT molecular complexity index is 3410. The quantitative estimate of drug-likeness (QED) is 0.140. The number of fused-ring (bicyclic) bond motifs is 10. The normalized spacial score (nSPS) is 12.2. The standard InChI is InChI=1S/C47H27N5/c1-2-13-28(14-3-1)44-45(50-36-21-8-7-20-35(36)49-44)32-17-6-11-24-39(32)51-38-23-10-5-16-31(38)42-33-18-12-19-34-43(33)41(27-40(42)51)52-37-22-9-4-15-29(37)30-25-26-48-46(34)47(30)52/h1-27H. The minimum Gasteiger partial charge on any atom is -0.308 e. The van der Waals surface area contributed by atoms with Crippen LogP contribution >= 0.6 is 0 Å². The van der Waals surface area contributed by atoms with Crippen molar-refractivity contribution in [2.24, 2.45) is 0 Å². The van der Waals surface area contributed by atoms with E-state index in [2.05, 4.69) is 136 Å².